The maximum atomic E-state index is 12.7. The van der Waals surface area contributed by atoms with Crippen molar-refractivity contribution in [1.29, 1.82) is 0 Å². The molecule has 0 heterocycles. The lowest BCUT2D eigenvalue weighted by molar-refractivity contribution is -0.153. The van der Waals surface area contributed by atoms with Crippen LogP contribution in [-0.2, 0) is 30.3 Å². The van der Waals surface area contributed by atoms with Gasteiger partial charge in [-0.2, -0.15) is 0 Å². The van der Waals surface area contributed by atoms with Gasteiger partial charge in [0.1, 0.15) is 12.6 Å². The Morgan fingerprint density at radius 1 is 0.806 bits per heavy atom. The molecule has 0 aromatic heterocycles. The van der Waals surface area contributed by atoms with Crippen molar-refractivity contribution in [2.24, 2.45) is 0 Å². The molecule has 3 aromatic rings. The van der Waals surface area contributed by atoms with Crippen molar-refractivity contribution in [3.05, 3.63) is 95.6 Å². The second-order valence-electron chi connectivity index (χ2n) is 8.15. The van der Waals surface area contributed by atoms with Crippen LogP contribution >= 0.6 is 0 Å². The number of carbonyl (C=O) groups excluding carboxylic acids is 4. The number of hydrazine groups is 1. The lowest BCUT2D eigenvalue weighted by atomic mass is 9.98. The molecule has 0 saturated carbocycles. The van der Waals surface area contributed by atoms with Gasteiger partial charge in [0.25, 0.3) is 5.91 Å². The van der Waals surface area contributed by atoms with E-state index in [1.165, 1.54) is 0 Å². The second kappa shape index (κ2) is 11.2. The van der Waals surface area contributed by atoms with Gasteiger partial charge in [-0.05, 0) is 27.8 Å². The number of nitrogens with one attached hydrogen (secondary N) is 3. The van der Waals surface area contributed by atoms with Gasteiger partial charge in [-0.25, -0.2) is 15.0 Å². The predicted molar refractivity (Wildman–Crippen MR) is 130 cm³/mol. The molecule has 0 bridgehead atoms. The van der Waals surface area contributed by atoms with Crippen molar-refractivity contribution in [3.8, 4) is 11.1 Å². The summed E-state index contributed by atoms with van der Waals surface area (Å²) in [6, 6.07) is 23.6. The summed E-state index contributed by atoms with van der Waals surface area (Å²) in [5.41, 5.74) is 9.51. The summed E-state index contributed by atoms with van der Waals surface area (Å²) in [5, 5.41) is 2.32. The fourth-order valence-electron chi connectivity index (χ4n) is 4.20. The van der Waals surface area contributed by atoms with E-state index in [2.05, 4.69) is 20.9 Å². The third-order valence-corrected chi connectivity index (χ3v) is 5.91. The number of hydrogen-bond acceptors (Lipinski definition) is 6. The molecule has 0 fully saturated rings. The molecule has 0 radical (unpaired) electrons. The van der Waals surface area contributed by atoms with Crippen molar-refractivity contribution in [2.45, 2.75) is 18.4 Å². The highest BCUT2D eigenvalue weighted by molar-refractivity contribution is 6.32. The average molecular weight is 488 g/mol. The number of hydrogen-bond donors (Lipinski definition) is 3. The van der Waals surface area contributed by atoms with Crippen molar-refractivity contribution < 1.29 is 28.7 Å². The standard InChI is InChI=1S/C27H25N3O6/c1-35-26(33)25(32)28-23(15-17-9-3-2-4-10-17)24(31)29-30-27(34)36-16-22-20-13-7-5-11-18(20)19-12-6-8-14-21(19)22/h2-14,22-23H,15-16H2,1H3,(H,28,32)(H,29,31)(H,30,34)/t23-/m0/s1. The van der Waals surface area contributed by atoms with Crippen LogP contribution in [-0.4, -0.2) is 43.6 Å². The Hall–Kier alpha value is -4.66. The molecule has 0 spiro atoms. The van der Waals surface area contributed by atoms with Crippen molar-refractivity contribution in [3.63, 3.8) is 0 Å². The van der Waals surface area contributed by atoms with Gasteiger partial charge >= 0.3 is 18.0 Å². The first-order valence-corrected chi connectivity index (χ1v) is 11.3. The Kier molecular flexibility index (Phi) is 7.60. The highest BCUT2D eigenvalue weighted by atomic mass is 16.6. The van der Waals surface area contributed by atoms with Gasteiger partial charge in [0.2, 0.25) is 0 Å². The number of amides is 3. The first-order valence-electron chi connectivity index (χ1n) is 11.3. The van der Waals surface area contributed by atoms with Crippen molar-refractivity contribution >= 4 is 23.9 Å². The molecule has 1 aliphatic carbocycles. The molecule has 3 aromatic carbocycles. The molecule has 36 heavy (non-hydrogen) atoms. The van der Waals surface area contributed by atoms with E-state index in [0.717, 1.165) is 34.9 Å². The minimum Gasteiger partial charge on any atom is -0.462 e. The van der Waals surface area contributed by atoms with E-state index < -0.39 is 29.9 Å². The molecule has 0 aliphatic heterocycles. The van der Waals surface area contributed by atoms with Gasteiger partial charge in [0.05, 0.1) is 7.11 Å². The zero-order valence-electron chi connectivity index (χ0n) is 19.5. The van der Waals surface area contributed by atoms with Crippen LogP contribution in [0.25, 0.3) is 11.1 Å². The van der Waals surface area contributed by atoms with Crippen LogP contribution in [0.1, 0.15) is 22.6 Å². The summed E-state index contributed by atoms with van der Waals surface area (Å²) in [5.74, 6) is -3.08. The molecule has 9 heteroatoms. The zero-order chi connectivity index (χ0) is 25.5. The molecule has 9 nitrogen and oxygen atoms in total. The van der Waals surface area contributed by atoms with Crippen LogP contribution in [0.15, 0.2) is 78.9 Å². The van der Waals surface area contributed by atoms with E-state index >= 15 is 0 Å². The Labute approximate surface area is 207 Å². The lowest BCUT2D eigenvalue weighted by Gasteiger charge is -2.19. The number of benzene rings is 3. The van der Waals surface area contributed by atoms with E-state index in [1.54, 1.807) is 24.3 Å². The summed E-state index contributed by atoms with van der Waals surface area (Å²) >= 11 is 0. The monoisotopic (exact) mass is 487 g/mol. The summed E-state index contributed by atoms with van der Waals surface area (Å²) in [4.78, 5) is 48.6. The SMILES string of the molecule is COC(=O)C(=O)N[C@@H](Cc1ccccc1)C(=O)NNC(=O)OCC1c2ccccc2-c2ccccc21. The fraction of sp³-hybridized carbons (Fsp3) is 0.185. The van der Waals surface area contributed by atoms with Crippen molar-refractivity contribution in [1.82, 2.24) is 16.2 Å². The van der Waals surface area contributed by atoms with Gasteiger partial charge in [0.15, 0.2) is 0 Å². The summed E-state index contributed by atoms with van der Waals surface area (Å²) in [7, 11) is 1.06. The van der Waals surface area contributed by atoms with E-state index in [-0.39, 0.29) is 18.9 Å². The van der Waals surface area contributed by atoms with E-state index in [4.69, 9.17) is 4.74 Å². The Morgan fingerprint density at radius 3 is 2.00 bits per heavy atom. The summed E-state index contributed by atoms with van der Waals surface area (Å²) < 4.78 is 9.80. The third kappa shape index (κ3) is 5.52. The normalized spacial score (nSPS) is 12.5. The Morgan fingerprint density at radius 2 is 1.39 bits per heavy atom. The molecule has 184 valence electrons. The topological polar surface area (TPSA) is 123 Å². The second-order valence-corrected chi connectivity index (χ2v) is 8.15. The number of esters is 1. The van der Waals surface area contributed by atoms with Gasteiger partial charge in [-0.1, -0.05) is 78.9 Å². The van der Waals surface area contributed by atoms with E-state index in [1.807, 2.05) is 54.6 Å². The first kappa shape index (κ1) is 24.5. The van der Waals surface area contributed by atoms with Gasteiger partial charge in [0, 0.05) is 12.3 Å². The van der Waals surface area contributed by atoms with Gasteiger partial charge in [-0.15, -0.1) is 0 Å². The summed E-state index contributed by atoms with van der Waals surface area (Å²) in [6.45, 7) is 0.0717. The number of carbonyl (C=O) groups is 4. The predicted octanol–water partition coefficient (Wildman–Crippen LogP) is 2.46. The smallest absolute Gasteiger partial charge is 0.426 e. The number of fused-ring (bicyclic) bond motifs is 3. The van der Waals surface area contributed by atoms with E-state index in [9.17, 15) is 19.2 Å². The molecule has 0 saturated heterocycles. The molecule has 4 rings (SSSR count). The third-order valence-electron chi connectivity index (χ3n) is 5.91. The first-order chi connectivity index (χ1) is 17.5. The average Bonchev–Trinajstić information content (AvgIpc) is 3.23. The maximum Gasteiger partial charge on any atom is 0.426 e. The largest absolute Gasteiger partial charge is 0.462 e. The van der Waals surface area contributed by atoms with Gasteiger partial charge < -0.3 is 14.8 Å². The van der Waals surface area contributed by atoms with Crippen LogP contribution in [0.3, 0.4) is 0 Å². The van der Waals surface area contributed by atoms with Crippen LogP contribution in [0.2, 0.25) is 0 Å². The highest BCUT2D eigenvalue weighted by Gasteiger charge is 2.29. The molecule has 1 aliphatic rings. The fourth-order valence-corrected chi connectivity index (χ4v) is 4.20. The minimum absolute atomic E-state index is 0.0717. The molecule has 0 unspecified atom stereocenters. The molecule has 3 N–H and O–H groups in total. The molecular formula is C27H25N3O6. The Bertz CT molecular complexity index is 1230. The number of ether oxygens (including phenoxy) is 2. The highest BCUT2D eigenvalue weighted by Crippen LogP contribution is 2.44. The summed E-state index contributed by atoms with van der Waals surface area (Å²) in [6.07, 6.45) is -0.773. The van der Waals surface area contributed by atoms with Crippen LogP contribution in [0.5, 0.6) is 0 Å². The minimum atomic E-state index is -1.15. The molecular weight excluding hydrogens is 462 g/mol. The molecule has 1 atom stereocenters. The molecule has 3 amide bonds. The van der Waals surface area contributed by atoms with E-state index in [0.29, 0.717) is 0 Å². The van der Waals surface area contributed by atoms with Crippen LogP contribution < -0.4 is 16.2 Å². The quantitative estimate of drug-likeness (QED) is 0.279. The number of rotatable bonds is 6. The van der Waals surface area contributed by atoms with Gasteiger partial charge in [-0.3, -0.25) is 15.0 Å². The number of methoxy groups -OCH3 is 1. The lowest BCUT2D eigenvalue weighted by Crippen LogP contribution is -2.54. The maximum absolute atomic E-state index is 12.7. The van der Waals surface area contributed by atoms with Crippen LogP contribution in [0, 0.1) is 0 Å². The zero-order valence-corrected chi connectivity index (χ0v) is 19.5. The Balaban J connectivity index is 1.36. The van der Waals surface area contributed by atoms with Crippen LogP contribution in [0.4, 0.5) is 4.79 Å². The van der Waals surface area contributed by atoms with Crippen molar-refractivity contribution in [2.75, 3.05) is 13.7 Å².